The Balaban J connectivity index is 3.36. The van der Waals surface area contributed by atoms with Crippen LogP contribution < -0.4 is 0 Å². The van der Waals surface area contributed by atoms with Crippen LogP contribution in [0.15, 0.2) is 0 Å². The van der Waals surface area contributed by atoms with Gasteiger partial charge in [0.25, 0.3) is 0 Å². The molecule has 0 saturated carbocycles. The van der Waals surface area contributed by atoms with E-state index in [2.05, 4.69) is 26.5 Å². The zero-order chi connectivity index (χ0) is 14.3. The van der Waals surface area contributed by atoms with Crippen LogP contribution in [-0.4, -0.2) is 17.8 Å². The second kappa shape index (κ2) is 14.2. The maximum absolute atomic E-state index is 11.6. The first-order chi connectivity index (χ1) is 9.22. The molecule has 0 heterocycles. The molecule has 1 unspecified atom stereocenters. The smallest absolute Gasteiger partial charge is 0.318 e. The zero-order valence-corrected chi connectivity index (χ0v) is 13.7. The molecule has 0 aliphatic rings. The number of ether oxygens (including phenoxy) is 1. The molecule has 19 heavy (non-hydrogen) atoms. The van der Waals surface area contributed by atoms with Gasteiger partial charge in [0.1, 0.15) is 0 Å². The van der Waals surface area contributed by atoms with Crippen LogP contribution in [0.5, 0.6) is 0 Å². The minimum Gasteiger partial charge on any atom is -0.465 e. The van der Waals surface area contributed by atoms with Crippen molar-refractivity contribution < 1.29 is 9.53 Å². The van der Waals surface area contributed by atoms with Crippen LogP contribution in [0.4, 0.5) is 0 Å². The summed E-state index contributed by atoms with van der Waals surface area (Å²) >= 11 is 4.32. The normalized spacial score (nSPS) is 12.4. The van der Waals surface area contributed by atoms with Crippen molar-refractivity contribution in [3.8, 4) is 0 Å². The maximum Gasteiger partial charge on any atom is 0.318 e. The van der Waals surface area contributed by atoms with E-state index in [1.165, 1.54) is 51.4 Å². The fraction of sp³-hybridized carbons (Fsp3) is 0.938. The van der Waals surface area contributed by atoms with Crippen molar-refractivity contribution >= 4 is 18.6 Å². The van der Waals surface area contributed by atoms with E-state index < -0.39 is 0 Å². The summed E-state index contributed by atoms with van der Waals surface area (Å²) in [6, 6.07) is 0. The number of carbonyl (C=O) groups excluding carboxylic acids is 1. The highest BCUT2D eigenvalue weighted by atomic mass is 32.1. The van der Waals surface area contributed by atoms with Crippen molar-refractivity contribution in [1.82, 2.24) is 0 Å². The molecule has 0 aromatic rings. The van der Waals surface area contributed by atoms with Crippen molar-refractivity contribution in [2.45, 2.75) is 89.7 Å². The molecular formula is C16H32O2S. The van der Waals surface area contributed by atoms with Crippen LogP contribution >= 0.6 is 12.6 Å². The average molecular weight is 288 g/mol. The van der Waals surface area contributed by atoms with Gasteiger partial charge in [0, 0.05) is 0 Å². The Bertz CT molecular complexity index is 207. The summed E-state index contributed by atoms with van der Waals surface area (Å²) in [6.45, 7) is 4.97. The fourth-order valence-corrected chi connectivity index (χ4v) is 2.29. The minimum atomic E-state index is -0.225. The van der Waals surface area contributed by atoms with E-state index >= 15 is 0 Å². The summed E-state index contributed by atoms with van der Waals surface area (Å²) in [5.41, 5.74) is 0. The number of carbonyl (C=O) groups is 1. The molecule has 0 aliphatic carbocycles. The lowest BCUT2D eigenvalue weighted by Crippen LogP contribution is -2.18. The summed E-state index contributed by atoms with van der Waals surface area (Å²) in [7, 11) is 0. The molecule has 0 N–H and O–H groups in total. The molecule has 3 heteroatoms. The van der Waals surface area contributed by atoms with E-state index in [1.54, 1.807) is 0 Å². The van der Waals surface area contributed by atoms with Gasteiger partial charge < -0.3 is 4.74 Å². The van der Waals surface area contributed by atoms with Gasteiger partial charge in [-0.25, -0.2) is 0 Å². The highest BCUT2D eigenvalue weighted by molar-refractivity contribution is 7.81. The van der Waals surface area contributed by atoms with Gasteiger partial charge in [-0.2, -0.15) is 12.6 Å². The molecule has 0 spiro atoms. The standard InChI is InChI=1S/C16H32O2S/c1-3-5-7-9-10-12-14-18-16(17)15(19)13-11-8-6-4-2/h15,19H,3-14H2,1-2H3. The average Bonchev–Trinajstić information content (AvgIpc) is 2.42. The third-order valence-corrected chi connectivity index (χ3v) is 3.81. The van der Waals surface area contributed by atoms with E-state index in [9.17, 15) is 4.79 Å². The van der Waals surface area contributed by atoms with Crippen molar-refractivity contribution in [1.29, 1.82) is 0 Å². The Labute approximate surface area is 125 Å². The maximum atomic E-state index is 11.6. The SMILES string of the molecule is CCCCCCCCOC(=O)C(S)CCCCCC. The molecule has 0 radical (unpaired) electrons. The Kier molecular flexibility index (Phi) is 14.1. The van der Waals surface area contributed by atoms with E-state index in [0.29, 0.717) is 6.61 Å². The van der Waals surface area contributed by atoms with Gasteiger partial charge in [0.15, 0.2) is 0 Å². The quantitative estimate of drug-likeness (QED) is 0.288. The second-order valence-corrected chi connectivity index (χ2v) is 5.92. The number of rotatable bonds is 13. The second-order valence-electron chi connectivity index (χ2n) is 5.30. The first-order valence-corrected chi connectivity index (χ1v) is 8.58. The first-order valence-electron chi connectivity index (χ1n) is 8.07. The van der Waals surface area contributed by atoms with Crippen LogP contribution in [0.1, 0.15) is 84.5 Å². The van der Waals surface area contributed by atoms with Gasteiger partial charge in [0.05, 0.1) is 11.9 Å². The van der Waals surface area contributed by atoms with Gasteiger partial charge in [0.2, 0.25) is 0 Å². The van der Waals surface area contributed by atoms with Crippen LogP contribution in [0.25, 0.3) is 0 Å². The Morgan fingerprint density at radius 3 is 2.05 bits per heavy atom. The van der Waals surface area contributed by atoms with Gasteiger partial charge in [-0.3, -0.25) is 4.79 Å². The van der Waals surface area contributed by atoms with E-state index in [0.717, 1.165) is 19.3 Å². The molecular weight excluding hydrogens is 256 g/mol. The molecule has 0 saturated heterocycles. The lowest BCUT2D eigenvalue weighted by Gasteiger charge is -2.10. The highest BCUT2D eigenvalue weighted by Gasteiger charge is 2.14. The third kappa shape index (κ3) is 12.6. The predicted molar refractivity (Wildman–Crippen MR) is 85.9 cm³/mol. The number of unbranched alkanes of at least 4 members (excludes halogenated alkanes) is 8. The van der Waals surface area contributed by atoms with E-state index in [1.807, 2.05) is 0 Å². The third-order valence-electron chi connectivity index (χ3n) is 3.35. The van der Waals surface area contributed by atoms with Crippen molar-refractivity contribution in [2.75, 3.05) is 6.61 Å². The topological polar surface area (TPSA) is 26.3 Å². The van der Waals surface area contributed by atoms with Crippen LogP contribution in [0, 0.1) is 0 Å². The predicted octanol–water partition coefficient (Wildman–Crippen LogP) is 5.16. The lowest BCUT2D eigenvalue weighted by molar-refractivity contribution is -0.143. The highest BCUT2D eigenvalue weighted by Crippen LogP contribution is 2.12. The van der Waals surface area contributed by atoms with Crippen molar-refractivity contribution in [2.24, 2.45) is 0 Å². The van der Waals surface area contributed by atoms with E-state index in [-0.39, 0.29) is 11.2 Å². The molecule has 0 aromatic carbocycles. The van der Waals surface area contributed by atoms with Gasteiger partial charge >= 0.3 is 5.97 Å². The molecule has 0 rings (SSSR count). The van der Waals surface area contributed by atoms with Gasteiger partial charge in [-0.05, 0) is 12.8 Å². The van der Waals surface area contributed by atoms with Crippen molar-refractivity contribution in [3.63, 3.8) is 0 Å². The van der Waals surface area contributed by atoms with Crippen LogP contribution in [0.3, 0.4) is 0 Å². The molecule has 0 aliphatic heterocycles. The van der Waals surface area contributed by atoms with Gasteiger partial charge in [-0.15, -0.1) is 0 Å². The Morgan fingerprint density at radius 1 is 0.895 bits per heavy atom. The monoisotopic (exact) mass is 288 g/mol. The molecule has 0 amide bonds. The zero-order valence-electron chi connectivity index (χ0n) is 12.8. The Hall–Kier alpha value is -0.180. The summed E-state index contributed by atoms with van der Waals surface area (Å²) in [5.74, 6) is -0.131. The summed E-state index contributed by atoms with van der Waals surface area (Å²) < 4.78 is 5.25. The number of hydrogen-bond acceptors (Lipinski definition) is 3. The van der Waals surface area contributed by atoms with E-state index in [4.69, 9.17) is 4.74 Å². The Morgan fingerprint density at radius 2 is 1.42 bits per heavy atom. The molecule has 0 bridgehead atoms. The minimum absolute atomic E-state index is 0.131. The fourth-order valence-electron chi connectivity index (χ4n) is 2.03. The van der Waals surface area contributed by atoms with Crippen LogP contribution in [-0.2, 0) is 9.53 Å². The lowest BCUT2D eigenvalue weighted by atomic mass is 10.1. The summed E-state index contributed by atoms with van der Waals surface area (Å²) in [5, 5.41) is -0.225. The molecule has 0 fully saturated rings. The molecule has 114 valence electrons. The van der Waals surface area contributed by atoms with Crippen LogP contribution in [0.2, 0.25) is 0 Å². The first kappa shape index (κ1) is 18.8. The van der Waals surface area contributed by atoms with Crippen molar-refractivity contribution in [3.05, 3.63) is 0 Å². The number of hydrogen-bond donors (Lipinski definition) is 1. The van der Waals surface area contributed by atoms with Gasteiger partial charge in [-0.1, -0.05) is 71.6 Å². The largest absolute Gasteiger partial charge is 0.465 e. The summed E-state index contributed by atoms with van der Waals surface area (Å²) in [6.07, 6.45) is 12.9. The molecule has 2 nitrogen and oxygen atoms in total. The number of thiol groups is 1. The summed E-state index contributed by atoms with van der Waals surface area (Å²) in [4.78, 5) is 11.6. The number of esters is 1. The molecule has 1 atom stereocenters. The molecule has 0 aromatic heterocycles.